The maximum absolute atomic E-state index is 13.4. The average molecular weight is 528 g/mol. The fourth-order valence-electron chi connectivity index (χ4n) is 4.47. The van der Waals surface area contributed by atoms with Crippen LogP contribution >= 0.6 is 11.3 Å². The third kappa shape index (κ3) is 7.66. The number of halogens is 2. The minimum absolute atomic E-state index is 0.195. The summed E-state index contributed by atoms with van der Waals surface area (Å²) >= 11 is 1.35. The van der Waals surface area contributed by atoms with E-state index >= 15 is 0 Å². The van der Waals surface area contributed by atoms with Crippen molar-refractivity contribution in [1.82, 2.24) is 10.3 Å². The van der Waals surface area contributed by atoms with Crippen LogP contribution in [0.4, 0.5) is 13.9 Å². The van der Waals surface area contributed by atoms with Crippen LogP contribution in [0.1, 0.15) is 56.6 Å². The van der Waals surface area contributed by atoms with Gasteiger partial charge in [-0.2, -0.15) is 0 Å². The van der Waals surface area contributed by atoms with Crippen LogP contribution in [-0.4, -0.2) is 28.9 Å². The highest BCUT2D eigenvalue weighted by molar-refractivity contribution is 7.19. The average Bonchev–Trinajstić information content (AvgIpc) is 3.34. The largest absolute Gasteiger partial charge is 0.374 e. The Labute approximate surface area is 219 Å². The molecule has 37 heavy (non-hydrogen) atoms. The van der Waals surface area contributed by atoms with Crippen LogP contribution < -0.4 is 10.6 Å². The monoisotopic (exact) mass is 527 g/mol. The molecule has 0 aliphatic heterocycles. The van der Waals surface area contributed by atoms with Gasteiger partial charge in [0.05, 0.1) is 24.0 Å². The highest BCUT2D eigenvalue weighted by Crippen LogP contribution is 2.32. The Kier molecular flexibility index (Phi) is 9.35. The predicted octanol–water partition coefficient (Wildman–Crippen LogP) is 6.01. The molecule has 1 heterocycles. The topological polar surface area (TPSA) is 80.3 Å². The van der Waals surface area contributed by atoms with E-state index in [1.165, 1.54) is 30.6 Å². The second kappa shape index (κ2) is 12.9. The van der Waals surface area contributed by atoms with Crippen LogP contribution in [0.25, 0.3) is 10.4 Å². The van der Waals surface area contributed by atoms with Gasteiger partial charge >= 0.3 is 0 Å². The predicted molar refractivity (Wildman–Crippen MR) is 140 cm³/mol. The van der Waals surface area contributed by atoms with E-state index in [1.54, 1.807) is 13.1 Å². The molecule has 2 amide bonds. The number of amides is 2. The summed E-state index contributed by atoms with van der Waals surface area (Å²) in [6.45, 7) is 2.29. The highest BCUT2D eigenvalue weighted by Gasteiger charge is 2.21. The molecule has 196 valence electrons. The fourth-order valence-corrected chi connectivity index (χ4v) is 5.35. The number of thiazole rings is 1. The van der Waals surface area contributed by atoms with E-state index < -0.39 is 29.5 Å². The summed E-state index contributed by atoms with van der Waals surface area (Å²) in [7, 11) is 0. The summed E-state index contributed by atoms with van der Waals surface area (Å²) in [5, 5.41) is 5.83. The second-order valence-electron chi connectivity index (χ2n) is 9.23. The Balaban J connectivity index is 1.36. The van der Waals surface area contributed by atoms with E-state index in [2.05, 4.69) is 15.6 Å². The van der Waals surface area contributed by atoms with E-state index in [0.29, 0.717) is 24.3 Å². The molecule has 0 saturated heterocycles. The molecule has 1 atom stereocenters. The normalized spacial score (nSPS) is 14.8. The fraction of sp³-hybridized carbons (Fsp3) is 0.393. The smallest absolute Gasteiger partial charge is 0.248 e. The van der Waals surface area contributed by atoms with Gasteiger partial charge in [-0.1, -0.05) is 61.8 Å². The molecule has 1 aliphatic rings. The van der Waals surface area contributed by atoms with Gasteiger partial charge in [0.15, 0.2) is 5.13 Å². The van der Waals surface area contributed by atoms with E-state index in [9.17, 15) is 18.4 Å². The maximum atomic E-state index is 13.4. The van der Waals surface area contributed by atoms with Crippen molar-refractivity contribution in [3.63, 3.8) is 0 Å². The molecule has 1 fully saturated rings. The van der Waals surface area contributed by atoms with Gasteiger partial charge in [0, 0.05) is 12.3 Å². The van der Waals surface area contributed by atoms with Gasteiger partial charge in [-0.05, 0) is 48.1 Å². The molecule has 1 saturated carbocycles. The summed E-state index contributed by atoms with van der Waals surface area (Å²) in [5.74, 6) is -2.42. The first-order valence-corrected chi connectivity index (χ1v) is 13.4. The maximum Gasteiger partial charge on any atom is 0.248 e. The molecule has 0 radical (unpaired) electrons. The van der Waals surface area contributed by atoms with Gasteiger partial charge in [0.2, 0.25) is 11.8 Å². The number of hydrogen-bond donors (Lipinski definition) is 2. The Morgan fingerprint density at radius 1 is 1.11 bits per heavy atom. The van der Waals surface area contributed by atoms with Crippen molar-refractivity contribution in [2.24, 2.45) is 0 Å². The van der Waals surface area contributed by atoms with Gasteiger partial charge in [-0.15, -0.1) is 0 Å². The van der Waals surface area contributed by atoms with Crippen molar-refractivity contribution in [1.29, 1.82) is 0 Å². The zero-order chi connectivity index (χ0) is 26.2. The molecule has 2 N–H and O–H groups in total. The lowest BCUT2D eigenvalue weighted by molar-refractivity contribution is -0.126. The summed E-state index contributed by atoms with van der Waals surface area (Å²) in [5.41, 5.74) is 2.28. The van der Waals surface area contributed by atoms with E-state index in [-0.39, 0.29) is 12.0 Å². The zero-order valence-corrected chi connectivity index (χ0v) is 21.6. The Bertz CT molecular complexity index is 1210. The molecule has 4 rings (SSSR count). The Hall–Kier alpha value is -3.17. The zero-order valence-electron chi connectivity index (χ0n) is 20.8. The molecule has 0 spiro atoms. The van der Waals surface area contributed by atoms with E-state index in [0.717, 1.165) is 47.0 Å². The molecule has 2 aromatic carbocycles. The number of carbonyl (C=O) groups is 2. The lowest BCUT2D eigenvalue weighted by atomic mass is 9.97. The molecule has 6 nitrogen and oxygen atoms in total. The van der Waals surface area contributed by atoms with E-state index in [4.69, 9.17) is 4.74 Å². The summed E-state index contributed by atoms with van der Waals surface area (Å²) in [4.78, 5) is 30.5. The third-order valence-corrected chi connectivity index (χ3v) is 7.34. The minimum Gasteiger partial charge on any atom is -0.374 e. The van der Waals surface area contributed by atoms with Crippen molar-refractivity contribution in [3.05, 3.63) is 71.4 Å². The number of anilines is 1. The van der Waals surface area contributed by atoms with Gasteiger partial charge in [-0.25, -0.2) is 13.8 Å². The van der Waals surface area contributed by atoms with Crippen molar-refractivity contribution in [3.8, 4) is 10.4 Å². The number of benzene rings is 2. The first kappa shape index (κ1) is 26.9. The number of carbonyl (C=O) groups excluding carboxylic acids is 2. The summed E-state index contributed by atoms with van der Waals surface area (Å²) in [6.07, 6.45) is 8.05. The molecule has 1 aromatic heterocycles. The number of nitrogens with zero attached hydrogens (tertiary/aromatic N) is 1. The number of rotatable bonds is 10. The number of ether oxygens (including phenoxy) is 1. The molecule has 0 bridgehead atoms. The standard InChI is InChI=1S/C28H31F2N3O3S/c1-2-24(32-26(34)14-18-12-20(29)15-21(30)13-18)27(35)33-28-31-16-25(37-28)23-11-7-6-8-19(23)17-36-22-9-4-3-5-10-22/h6-8,11-13,15-16,22,24H,2-5,9-10,14,17H2,1H3,(H,32,34)(H,31,33,35). The molecule has 9 heteroatoms. The molecule has 3 aromatic rings. The third-order valence-electron chi connectivity index (χ3n) is 6.39. The SMILES string of the molecule is CCC(NC(=O)Cc1cc(F)cc(F)c1)C(=O)Nc1ncc(-c2ccccc2COC2CCCCC2)s1. The Morgan fingerprint density at radius 3 is 2.57 bits per heavy atom. The second-order valence-corrected chi connectivity index (χ2v) is 10.3. The minimum atomic E-state index is -0.811. The Morgan fingerprint density at radius 2 is 1.84 bits per heavy atom. The number of aromatic nitrogens is 1. The van der Waals surface area contributed by atoms with Crippen LogP contribution in [0.15, 0.2) is 48.7 Å². The van der Waals surface area contributed by atoms with Crippen LogP contribution in [0.5, 0.6) is 0 Å². The van der Waals surface area contributed by atoms with Crippen LogP contribution in [0.2, 0.25) is 0 Å². The van der Waals surface area contributed by atoms with Crippen LogP contribution in [0, 0.1) is 11.6 Å². The van der Waals surface area contributed by atoms with Gasteiger partial charge in [0.25, 0.3) is 0 Å². The molecule has 1 unspecified atom stereocenters. The van der Waals surface area contributed by atoms with Crippen molar-refractivity contribution >= 4 is 28.3 Å². The van der Waals surface area contributed by atoms with E-state index in [1.807, 2.05) is 24.3 Å². The van der Waals surface area contributed by atoms with Crippen molar-refractivity contribution in [2.75, 3.05) is 5.32 Å². The van der Waals surface area contributed by atoms with Crippen LogP contribution in [-0.2, 0) is 27.4 Å². The van der Waals surface area contributed by atoms with Crippen molar-refractivity contribution in [2.45, 2.75) is 70.6 Å². The number of hydrogen-bond acceptors (Lipinski definition) is 5. The molecular weight excluding hydrogens is 496 g/mol. The molecule has 1 aliphatic carbocycles. The van der Waals surface area contributed by atoms with Crippen LogP contribution in [0.3, 0.4) is 0 Å². The van der Waals surface area contributed by atoms with Gasteiger partial charge in [0.1, 0.15) is 17.7 Å². The number of nitrogens with one attached hydrogen (secondary N) is 2. The highest BCUT2D eigenvalue weighted by atomic mass is 32.1. The van der Waals surface area contributed by atoms with Gasteiger partial charge in [-0.3, -0.25) is 9.59 Å². The summed E-state index contributed by atoms with van der Waals surface area (Å²) < 4.78 is 33.0. The van der Waals surface area contributed by atoms with Crippen molar-refractivity contribution < 1.29 is 23.1 Å². The first-order valence-electron chi connectivity index (χ1n) is 12.6. The first-order chi connectivity index (χ1) is 17.9. The summed E-state index contributed by atoms with van der Waals surface area (Å²) in [6, 6.07) is 10.1. The quantitative estimate of drug-likeness (QED) is 0.338. The lowest BCUT2D eigenvalue weighted by Gasteiger charge is -2.22. The molecular formula is C28H31F2N3O3S. The van der Waals surface area contributed by atoms with Gasteiger partial charge < -0.3 is 15.4 Å². The lowest BCUT2D eigenvalue weighted by Crippen LogP contribution is -2.44.